The zero-order valence-electron chi connectivity index (χ0n) is 27.9. The average Bonchev–Trinajstić information content (AvgIpc) is 3.73. The summed E-state index contributed by atoms with van der Waals surface area (Å²) in [6.07, 6.45) is -2.14. The minimum Gasteiger partial charge on any atom is -0.497 e. The van der Waals surface area contributed by atoms with Crippen molar-refractivity contribution < 1.29 is 37.3 Å². The van der Waals surface area contributed by atoms with Gasteiger partial charge in [0.25, 0.3) is 0 Å². The van der Waals surface area contributed by atoms with E-state index in [0.29, 0.717) is 70.2 Å². The molecule has 0 bridgehead atoms. The van der Waals surface area contributed by atoms with Gasteiger partial charge in [-0.15, -0.1) is 0 Å². The zero-order valence-corrected chi connectivity index (χ0v) is 27.9. The molecule has 0 radical (unpaired) electrons. The van der Waals surface area contributed by atoms with Gasteiger partial charge >= 0.3 is 12.1 Å². The number of aliphatic carboxylic acids is 1. The molecule has 49 heavy (non-hydrogen) atoms. The number of carbonyl (C=O) groups excluding carboxylic acids is 1. The van der Waals surface area contributed by atoms with Crippen LogP contribution < -0.4 is 14.5 Å². The maximum atomic E-state index is 14.6. The molecule has 0 saturated carbocycles. The van der Waals surface area contributed by atoms with E-state index in [1.54, 1.807) is 20.4 Å². The van der Waals surface area contributed by atoms with Gasteiger partial charge in [-0.1, -0.05) is 18.2 Å². The van der Waals surface area contributed by atoms with E-state index < -0.39 is 29.5 Å². The van der Waals surface area contributed by atoms with Crippen LogP contribution in [0.3, 0.4) is 0 Å². The van der Waals surface area contributed by atoms with Crippen molar-refractivity contribution in [2.45, 2.75) is 37.8 Å². The second kappa shape index (κ2) is 14.2. The molecule has 3 aliphatic heterocycles. The summed E-state index contributed by atoms with van der Waals surface area (Å²) in [5, 5.41) is 9.51. The Labute approximate surface area is 283 Å². The van der Waals surface area contributed by atoms with Gasteiger partial charge in [0.1, 0.15) is 17.4 Å². The fraction of sp³-hybridized carbons (Fsp3) is 0.500. The van der Waals surface area contributed by atoms with Gasteiger partial charge in [-0.3, -0.25) is 9.59 Å². The molecule has 10 nitrogen and oxygen atoms in total. The van der Waals surface area contributed by atoms with Gasteiger partial charge in [-0.05, 0) is 61.2 Å². The molecule has 1 amide bonds. The highest BCUT2D eigenvalue weighted by Crippen LogP contribution is 2.44. The van der Waals surface area contributed by atoms with E-state index in [-0.39, 0.29) is 23.7 Å². The molecule has 1 N–H and O–H groups in total. The predicted octanol–water partition coefficient (Wildman–Crippen LogP) is 5.22. The van der Waals surface area contributed by atoms with Gasteiger partial charge in [0, 0.05) is 76.0 Å². The number of aromatic nitrogens is 2. The van der Waals surface area contributed by atoms with Crippen LogP contribution in [0.25, 0.3) is 0 Å². The molecular weight excluding hydrogens is 639 g/mol. The summed E-state index contributed by atoms with van der Waals surface area (Å²) in [4.78, 5) is 40.9. The number of ether oxygens (including phenoxy) is 2. The lowest BCUT2D eigenvalue weighted by atomic mass is 9.86. The fourth-order valence-electron chi connectivity index (χ4n) is 7.75. The number of hydrogen-bond donors (Lipinski definition) is 1. The van der Waals surface area contributed by atoms with E-state index in [4.69, 9.17) is 9.47 Å². The molecule has 0 aliphatic carbocycles. The second-order valence-corrected chi connectivity index (χ2v) is 13.3. The molecule has 2 aromatic carbocycles. The Balaban J connectivity index is 1.31. The standard InChI is InChI=1S/C36H42F3N5O5/c1-22-40-13-10-33(41-22)43-18-29(23-4-7-27(49-3)8-5-23)31(20-43)34(45)44-17-25(21-48-2)30(19-44)28-9-6-26(36(37,38)39)16-32(28)42-14-11-24(12-15-42)35(46)47/h4-10,13,16,24-25,29-31H,11-12,14-15,17-21H2,1-3H3,(H,46,47)/t25-,29+,30+,31-/m1/s1. The van der Waals surface area contributed by atoms with Crippen molar-refractivity contribution in [2.24, 2.45) is 17.8 Å². The van der Waals surface area contributed by atoms with Crippen molar-refractivity contribution in [1.29, 1.82) is 0 Å². The molecule has 1 aromatic heterocycles. The van der Waals surface area contributed by atoms with Gasteiger partial charge in [0.15, 0.2) is 0 Å². The molecule has 3 aliphatic rings. The number of likely N-dealkylation sites (tertiary alicyclic amines) is 1. The van der Waals surface area contributed by atoms with E-state index >= 15 is 0 Å². The SMILES string of the molecule is COC[C@H]1CN(C(=O)[C@@H]2CN(c3ccnc(C)n3)C[C@H]2c2ccc(OC)cc2)C[C@@H]1c1ccc(C(F)(F)F)cc1N1CCC(C(=O)O)CC1. The van der Waals surface area contributed by atoms with Gasteiger partial charge < -0.3 is 29.3 Å². The lowest BCUT2D eigenvalue weighted by molar-refractivity contribution is -0.142. The number of carboxylic acid groups (broad SMARTS) is 1. The van der Waals surface area contributed by atoms with Crippen molar-refractivity contribution in [1.82, 2.24) is 14.9 Å². The molecule has 6 rings (SSSR count). The summed E-state index contributed by atoms with van der Waals surface area (Å²) in [5.41, 5.74) is 1.41. The fourth-order valence-corrected chi connectivity index (χ4v) is 7.75. The number of amides is 1. The van der Waals surface area contributed by atoms with Crippen molar-refractivity contribution in [3.63, 3.8) is 0 Å². The Morgan fingerprint density at radius 1 is 0.939 bits per heavy atom. The number of rotatable bonds is 9. The van der Waals surface area contributed by atoms with Crippen LogP contribution >= 0.6 is 0 Å². The number of piperidine rings is 1. The van der Waals surface area contributed by atoms with Gasteiger partial charge in [-0.25, -0.2) is 9.97 Å². The quantitative estimate of drug-likeness (QED) is 0.325. The first-order valence-electron chi connectivity index (χ1n) is 16.6. The molecule has 4 atom stereocenters. The summed E-state index contributed by atoms with van der Waals surface area (Å²) in [6.45, 7) is 4.58. The lowest BCUT2D eigenvalue weighted by Gasteiger charge is -2.35. The van der Waals surface area contributed by atoms with E-state index in [1.807, 2.05) is 47.1 Å². The van der Waals surface area contributed by atoms with Crippen LogP contribution in [-0.4, -0.2) is 91.9 Å². The summed E-state index contributed by atoms with van der Waals surface area (Å²) in [5.74, 6) is -0.285. The van der Waals surface area contributed by atoms with Crippen LogP contribution in [0.4, 0.5) is 24.7 Å². The first-order chi connectivity index (χ1) is 23.5. The van der Waals surface area contributed by atoms with E-state index in [9.17, 15) is 27.9 Å². The minimum absolute atomic E-state index is 0.0200. The third-order valence-electron chi connectivity index (χ3n) is 10.3. The number of methoxy groups -OCH3 is 2. The van der Waals surface area contributed by atoms with Crippen LogP contribution in [0.1, 0.15) is 47.2 Å². The Morgan fingerprint density at radius 2 is 1.67 bits per heavy atom. The first-order valence-corrected chi connectivity index (χ1v) is 16.6. The predicted molar refractivity (Wildman–Crippen MR) is 177 cm³/mol. The van der Waals surface area contributed by atoms with Crippen molar-refractivity contribution >= 4 is 23.4 Å². The molecule has 3 fully saturated rings. The van der Waals surface area contributed by atoms with E-state index in [1.165, 1.54) is 12.1 Å². The number of hydrogen-bond acceptors (Lipinski definition) is 8. The molecule has 4 heterocycles. The second-order valence-electron chi connectivity index (χ2n) is 13.3. The highest BCUT2D eigenvalue weighted by Gasteiger charge is 2.46. The molecule has 262 valence electrons. The van der Waals surface area contributed by atoms with Crippen LogP contribution in [0, 0.1) is 24.7 Å². The summed E-state index contributed by atoms with van der Waals surface area (Å²) in [7, 11) is 3.20. The average molecular weight is 682 g/mol. The Hall–Kier alpha value is -4.39. The van der Waals surface area contributed by atoms with Crippen LogP contribution in [0.15, 0.2) is 54.7 Å². The number of anilines is 2. The number of alkyl halides is 3. The number of halogens is 3. The van der Waals surface area contributed by atoms with Gasteiger partial charge in [-0.2, -0.15) is 13.2 Å². The van der Waals surface area contributed by atoms with E-state index in [0.717, 1.165) is 28.8 Å². The van der Waals surface area contributed by atoms with Gasteiger partial charge in [0.05, 0.1) is 31.1 Å². The maximum Gasteiger partial charge on any atom is 0.416 e. The summed E-state index contributed by atoms with van der Waals surface area (Å²) >= 11 is 0. The molecule has 0 unspecified atom stereocenters. The molecule has 3 saturated heterocycles. The maximum absolute atomic E-state index is 14.6. The number of carboxylic acids is 1. The van der Waals surface area contributed by atoms with Crippen molar-refractivity contribution in [3.8, 4) is 5.75 Å². The smallest absolute Gasteiger partial charge is 0.416 e. The number of benzene rings is 2. The Kier molecular flexibility index (Phi) is 10.0. The summed E-state index contributed by atoms with van der Waals surface area (Å²) < 4.78 is 52.8. The Morgan fingerprint density at radius 3 is 2.31 bits per heavy atom. The van der Waals surface area contributed by atoms with Gasteiger partial charge in [0.2, 0.25) is 5.91 Å². The van der Waals surface area contributed by atoms with Crippen molar-refractivity contribution in [2.75, 3.05) is 69.9 Å². The third kappa shape index (κ3) is 7.31. The largest absolute Gasteiger partial charge is 0.497 e. The summed E-state index contributed by atoms with van der Waals surface area (Å²) in [6, 6.07) is 13.4. The van der Waals surface area contributed by atoms with Crippen molar-refractivity contribution in [3.05, 3.63) is 77.2 Å². The first kappa shape index (κ1) is 34.5. The number of carbonyl (C=O) groups is 2. The number of aryl methyl sites for hydroxylation is 1. The zero-order chi connectivity index (χ0) is 34.9. The normalized spacial score (nSPS) is 23.3. The Bertz CT molecular complexity index is 1650. The monoisotopic (exact) mass is 681 g/mol. The van der Waals surface area contributed by atoms with Crippen LogP contribution in [-0.2, 0) is 20.5 Å². The molecule has 3 aromatic rings. The number of nitrogens with zero attached hydrogens (tertiary/aromatic N) is 5. The lowest BCUT2D eigenvalue weighted by Crippen LogP contribution is -2.38. The highest BCUT2D eigenvalue weighted by atomic mass is 19.4. The molecule has 0 spiro atoms. The van der Waals surface area contributed by atoms with E-state index in [2.05, 4.69) is 14.9 Å². The molecule has 13 heteroatoms. The topological polar surface area (TPSA) is 108 Å². The minimum atomic E-state index is -4.54. The van der Waals surface area contributed by atoms with Crippen LogP contribution in [0.2, 0.25) is 0 Å². The highest BCUT2D eigenvalue weighted by molar-refractivity contribution is 5.82. The third-order valence-corrected chi connectivity index (χ3v) is 10.3. The molecular formula is C36H42F3N5O5. The van der Waals surface area contributed by atoms with Crippen LogP contribution in [0.5, 0.6) is 5.75 Å².